The van der Waals surface area contributed by atoms with Crippen molar-refractivity contribution >= 4 is 16.8 Å². The molecule has 2 atom stereocenters. The van der Waals surface area contributed by atoms with Crippen molar-refractivity contribution in [3.63, 3.8) is 0 Å². The van der Waals surface area contributed by atoms with E-state index < -0.39 is 0 Å². The molecule has 0 aliphatic carbocycles. The first-order valence-corrected chi connectivity index (χ1v) is 11.2. The molecule has 4 heterocycles. The third-order valence-electron chi connectivity index (χ3n) is 6.49. The van der Waals surface area contributed by atoms with Gasteiger partial charge in [-0.2, -0.15) is 5.10 Å². The van der Waals surface area contributed by atoms with E-state index in [9.17, 15) is 4.79 Å². The van der Waals surface area contributed by atoms with Crippen LogP contribution in [0.2, 0.25) is 0 Å². The van der Waals surface area contributed by atoms with E-state index in [4.69, 9.17) is 0 Å². The summed E-state index contributed by atoms with van der Waals surface area (Å²) in [5.41, 5.74) is 6.00. The topological polar surface area (TPSA) is 79.7 Å². The van der Waals surface area contributed by atoms with Gasteiger partial charge in [0.05, 0.1) is 6.04 Å². The number of fused-ring (bicyclic) bond motifs is 1. The molecular weight excluding hydrogens is 400 g/mol. The molecule has 0 unspecified atom stereocenters. The zero-order valence-electron chi connectivity index (χ0n) is 18.5. The lowest BCUT2D eigenvalue weighted by atomic mass is 9.89. The maximum atomic E-state index is 13.1. The quantitative estimate of drug-likeness (QED) is 0.508. The Morgan fingerprint density at radius 3 is 2.84 bits per heavy atom. The van der Waals surface area contributed by atoms with Gasteiger partial charge >= 0.3 is 0 Å². The predicted octanol–water partition coefficient (Wildman–Crippen LogP) is 4.49. The summed E-state index contributed by atoms with van der Waals surface area (Å²) in [5, 5.41) is 5.41. The number of likely N-dealkylation sites (tertiary alicyclic amines) is 1. The number of nitrogens with one attached hydrogen (secondary N) is 1. The van der Waals surface area contributed by atoms with Crippen molar-refractivity contribution < 1.29 is 4.79 Å². The van der Waals surface area contributed by atoms with Crippen LogP contribution in [0.5, 0.6) is 0 Å². The van der Waals surface area contributed by atoms with Crippen LogP contribution in [0, 0.1) is 6.92 Å². The van der Waals surface area contributed by atoms with Crippen molar-refractivity contribution in [3.05, 3.63) is 66.6 Å². The first-order chi connectivity index (χ1) is 15.6. The minimum atomic E-state index is -0.00573. The van der Waals surface area contributed by atoms with E-state index in [0.29, 0.717) is 6.42 Å². The number of aromatic nitrogens is 5. The number of piperidine rings is 1. The van der Waals surface area contributed by atoms with Crippen molar-refractivity contribution in [2.75, 3.05) is 13.1 Å². The molecular formula is C25H28N6O. The van der Waals surface area contributed by atoms with Crippen LogP contribution in [-0.4, -0.2) is 48.6 Å². The fourth-order valence-electron chi connectivity index (χ4n) is 4.82. The molecule has 1 fully saturated rings. The largest absolute Gasteiger partial charge is 0.358 e. The number of benzene rings is 1. The number of H-pyrrole nitrogens is 1. The van der Waals surface area contributed by atoms with E-state index in [-0.39, 0.29) is 17.9 Å². The second kappa shape index (κ2) is 8.57. The lowest BCUT2D eigenvalue weighted by Gasteiger charge is -2.33. The van der Waals surface area contributed by atoms with Crippen LogP contribution in [0.15, 0.2) is 55.4 Å². The molecule has 164 valence electrons. The molecule has 4 aromatic rings. The fourth-order valence-corrected chi connectivity index (χ4v) is 4.82. The van der Waals surface area contributed by atoms with E-state index >= 15 is 0 Å². The van der Waals surface area contributed by atoms with Crippen molar-refractivity contribution in [3.8, 4) is 11.1 Å². The maximum absolute atomic E-state index is 13.1. The van der Waals surface area contributed by atoms with Crippen LogP contribution in [0.3, 0.4) is 0 Å². The van der Waals surface area contributed by atoms with Gasteiger partial charge in [-0.3, -0.25) is 9.78 Å². The Kier molecular flexibility index (Phi) is 5.47. The van der Waals surface area contributed by atoms with E-state index in [2.05, 4.69) is 57.3 Å². The van der Waals surface area contributed by atoms with Gasteiger partial charge in [-0.15, -0.1) is 0 Å². The number of hydrogen-bond donors (Lipinski definition) is 1. The molecule has 1 saturated heterocycles. The third-order valence-corrected chi connectivity index (χ3v) is 6.49. The van der Waals surface area contributed by atoms with Gasteiger partial charge in [0.25, 0.3) is 0 Å². The summed E-state index contributed by atoms with van der Waals surface area (Å²) in [6, 6.07) is 10.7. The van der Waals surface area contributed by atoms with Gasteiger partial charge in [0.1, 0.15) is 12.7 Å². The minimum absolute atomic E-state index is 0.00573. The zero-order valence-corrected chi connectivity index (χ0v) is 18.5. The molecule has 0 radical (unpaired) electrons. The first kappa shape index (κ1) is 20.4. The Bertz CT molecular complexity index is 1210. The van der Waals surface area contributed by atoms with Crippen molar-refractivity contribution in [1.82, 2.24) is 29.6 Å². The summed E-state index contributed by atoms with van der Waals surface area (Å²) in [6.45, 7) is 5.67. The summed E-state index contributed by atoms with van der Waals surface area (Å²) in [5.74, 6) is 0.445. The highest BCUT2D eigenvalue weighted by molar-refractivity contribution is 5.98. The Labute approximate surface area is 187 Å². The van der Waals surface area contributed by atoms with E-state index in [1.807, 2.05) is 24.2 Å². The Morgan fingerprint density at radius 1 is 1.22 bits per heavy atom. The monoisotopic (exact) mass is 428 g/mol. The molecule has 0 spiro atoms. The van der Waals surface area contributed by atoms with Crippen LogP contribution in [-0.2, 0) is 4.79 Å². The molecule has 1 N–H and O–H groups in total. The van der Waals surface area contributed by atoms with Crippen molar-refractivity contribution in [1.29, 1.82) is 0 Å². The average molecular weight is 429 g/mol. The number of aromatic amines is 1. The zero-order chi connectivity index (χ0) is 22.1. The number of rotatable bonds is 5. The van der Waals surface area contributed by atoms with Crippen molar-refractivity contribution in [2.45, 2.75) is 45.1 Å². The van der Waals surface area contributed by atoms with Gasteiger partial charge in [0, 0.05) is 60.0 Å². The van der Waals surface area contributed by atoms with Crippen LogP contribution in [0.25, 0.3) is 22.0 Å². The molecule has 32 heavy (non-hydrogen) atoms. The molecule has 7 nitrogen and oxygen atoms in total. The van der Waals surface area contributed by atoms with Gasteiger partial charge in [-0.1, -0.05) is 11.6 Å². The highest BCUT2D eigenvalue weighted by Crippen LogP contribution is 2.39. The van der Waals surface area contributed by atoms with Crippen molar-refractivity contribution in [2.24, 2.45) is 0 Å². The lowest BCUT2D eigenvalue weighted by Crippen LogP contribution is -2.40. The molecule has 1 amide bonds. The van der Waals surface area contributed by atoms with E-state index in [0.717, 1.165) is 37.0 Å². The second-order valence-corrected chi connectivity index (χ2v) is 8.81. The maximum Gasteiger partial charge on any atom is 0.224 e. The number of nitrogens with zero attached hydrogens (tertiary/aromatic N) is 5. The number of hydrogen-bond acceptors (Lipinski definition) is 4. The average Bonchev–Trinajstić information content (AvgIpc) is 3.48. The minimum Gasteiger partial charge on any atom is -0.358 e. The lowest BCUT2D eigenvalue weighted by molar-refractivity contribution is -0.133. The van der Waals surface area contributed by atoms with Crippen LogP contribution >= 0.6 is 0 Å². The van der Waals surface area contributed by atoms with E-state index in [1.54, 1.807) is 11.0 Å². The number of amides is 1. The number of pyridine rings is 1. The SMILES string of the molecule is Cc1ccc2[nH]c([C@H]3CCCN(C(=O)C[C@H](C)n4cncn4)C3)c(-c3ccncc3)c2c1. The molecule has 1 aliphatic heterocycles. The Balaban J connectivity index is 1.44. The number of aryl methyl sites for hydroxylation is 1. The molecule has 1 aliphatic rings. The molecule has 0 saturated carbocycles. The smallest absolute Gasteiger partial charge is 0.224 e. The van der Waals surface area contributed by atoms with Crippen LogP contribution < -0.4 is 0 Å². The molecule has 7 heteroatoms. The predicted molar refractivity (Wildman–Crippen MR) is 124 cm³/mol. The summed E-state index contributed by atoms with van der Waals surface area (Å²) < 4.78 is 1.75. The molecule has 1 aromatic carbocycles. The van der Waals surface area contributed by atoms with Crippen LogP contribution in [0.4, 0.5) is 0 Å². The highest BCUT2D eigenvalue weighted by atomic mass is 16.2. The second-order valence-electron chi connectivity index (χ2n) is 8.81. The molecule has 5 rings (SSSR count). The standard InChI is InChI=1S/C25H28N6O/c1-17-5-6-22-21(12-17)24(19-7-9-26-10-8-19)25(29-22)20-4-3-11-30(14-20)23(32)13-18(2)31-16-27-15-28-31/h5-10,12,15-16,18,20,29H,3-4,11,13-14H2,1-2H3/t18-,20-/m0/s1. The summed E-state index contributed by atoms with van der Waals surface area (Å²) in [7, 11) is 0. The van der Waals surface area contributed by atoms with Gasteiger partial charge in [0.15, 0.2) is 0 Å². The van der Waals surface area contributed by atoms with Gasteiger partial charge < -0.3 is 9.88 Å². The van der Waals surface area contributed by atoms with Gasteiger partial charge in [-0.25, -0.2) is 9.67 Å². The highest BCUT2D eigenvalue weighted by Gasteiger charge is 2.29. The summed E-state index contributed by atoms with van der Waals surface area (Å²) >= 11 is 0. The molecule has 3 aromatic heterocycles. The van der Waals surface area contributed by atoms with Gasteiger partial charge in [-0.05, 0) is 56.5 Å². The van der Waals surface area contributed by atoms with E-state index in [1.165, 1.54) is 28.5 Å². The Morgan fingerprint density at radius 2 is 2.06 bits per heavy atom. The first-order valence-electron chi connectivity index (χ1n) is 11.2. The number of carbonyl (C=O) groups excluding carboxylic acids is 1. The number of carbonyl (C=O) groups is 1. The molecule has 0 bridgehead atoms. The fraction of sp³-hybridized carbons (Fsp3) is 0.360. The normalized spacial score (nSPS) is 17.6. The third kappa shape index (κ3) is 3.90. The van der Waals surface area contributed by atoms with Gasteiger partial charge in [0.2, 0.25) is 5.91 Å². The summed E-state index contributed by atoms with van der Waals surface area (Å²) in [4.78, 5) is 27.0. The van der Waals surface area contributed by atoms with Crippen LogP contribution in [0.1, 0.15) is 49.4 Å². The Hall–Kier alpha value is -3.48. The summed E-state index contributed by atoms with van der Waals surface area (Å²) in [6.07, 6.45) is 9.36.